The highest BCUT2D eigenvalue weighted by atomic mass is 19.1. The van der Waals surface area contributed by atoms with Crippen LogP contribution in [0.25, 0.3) is 39.1 Å². The van der Waals surface area contributed by atoms with Crippen LogP contribution in [0.5, 0.6) is 0 Å². The average molecular weight is 591 g/mol. The van der Waals surface area contributed by atoms with E-state index < -0.39 is 0 Å². The number of nitrogens with one attached hydrogen (secondary N) is 3. The summed E-state index contributed by atoms with van der Waals surface area (Å²) in [7, 11) is 4.02. The summed E-state index contributed by atoms with van der Waals surface area (Å²) >= 11 is 0. The number of fused-ring (bicyclic) bond motifs is 2. The maximum Gasteiger partial charge on any atom is 0.147 e. The number of benzene rings is 2. The van der Waals surface area contributed by atoms with Gasteiger partial charge >= 0.3 is 0 Å². The molecule has 2 aliphatic rings. The third kappa shape index (κ3) is 5.43. The third-order valence-corrected chi connectivity index (χ3v) is 8.10. The molecule has 1 saturated heterocycles. The third-order valence-electron chi connectivity index (χ3n) is 8.10. The van der Waals surface area contributed by atoms with Crippen LogP contribution in [0, 0.1) is 5.82 Å². The SMILES string of the molecule is CN(C)CCNc1cc(F)cc(C2=CC=C(N)Cc3[nH]c(-c4n[nH]c5ccc(-c6cncc(N7CC(N)C7)n6)cc45)cc32)c1. The molecule has 224 valence electrons. The molecule has 11 heteroatoms. The fraction of sp³-hybridized carbons (Fsp3) is 0.242. The topological polar surface area (TPSA) is 141 Å². The molecule has 2 aromatic carbocycles. The molecule has 0 radical (unpaired) electrons. The number of allylic oxidation sites excluding steroid dienone is 3. The number of hydrogen-bond donors (Lipinski definition) is 5. The van der Waals surface area contributed by atoms with E-state index in [1.807, 2.05) is 44.4 Å². The fourth-order valence-electron chi connectivity index (χ4n) is 5.80. The van der Waals surface area contributed by atoms with E-state index in [0.29, 0.717) is 18.7 Å². The quantitative estimate of drug-likeness (QED) is 0.182. The van der Waals surface area contributed by atoms with Gasteiger partial charge in [0.15, 0.2) is 0 Å². The molecular formula is C33H35FN10. The molecule has 1 aliphatic carbocycles. The largest absolute Gasteiger partial charge is 0.402 e. The van der Waals surface area contributed by atoms with Gasteiger partial charge in [-0.25, -0.2) is 9.37 Å². The van der Waals surface area contributed by atoms with Crippen molar-refractivity contribution in [2.45, 2.75) is 12.5 Å². The van der Waals surface area contributed by atoms with Crippen molar-refractivity contribution in [3.63, 3.8) is 0 Å². The van der Waals surface area contributed by atoms with Crippen LogP contribution < -0.4 is 21.7 Å². The summed E-state index contributed by atoms with van der Waals surface area (Å²) in [6.07, 6.45) is 7.95. The minimum absolute atomic E-state index is 0.176. The second-order valence-electron chi connectivity index (χ2n) is 11.8. The minimum Gasteiger partial charge on any atom is -0.402 e. The highest BCUT2D eigenvalue weighted by Gasteiger charge is 2.25. The Balaban J connectivity index is 1.24. The zero-order valence-corrected chi connectivity index (χ0v) is 24.7. The normalized spacial score (nSPS) is 15.2. The van der Waals surface area contributed by atoms with E-state index >= 15 is 0 Å². The van der Waals surface area contributed by atoms with Crippen LogP contribution in [-0.4, -0.2) is 76.4 Å². The van der Waals surface area contributed by atoms with E-state index in [1.165, 1.54) is 6.07 Å². The number of rotatable bonds is 8. The predicted molar refractivity (Wildman–Crippen MR) is 174 cm³/mol. The molecule has 0 amide bonds. The number of nitrogens with two attached hydrogens (primary N) is 2. The lowest BCUT2D eigenvalue weighted by molar-refractivity contribution is 0.425. The van der Waals surface area contributed by atoms with E-state index in [2.05, 4.69) is 47.4 Å². The first-order chi connectivity index (χ1) is 21.3. The second-order valence-corrected chi connectivity index (χ2v) is 11.8. The van der Waals surface area contributed by atoms with E-state index in [-0.39, 0.29) is 11.9 Å². The van der Waals surface area contributed by atoms with E-state index in [0.717, 1.165) is 87.1 Å². The standard InChI is InChI=1S/C33H35FN10/c1-43(2)8-7-38-24-10-20(9-21(34)12-24)25-5-4-22(35)13-29-26(25)14-30(39-29)33-27-11-19(3-6-28(27)41-42-33)31-15-37-16-32(40-31)44-17-23(36)18-44/h3-6,9-12,14-16,23,38-39H,7-8,13,17-18,35-36H2,1-2H3,(H,41,42). The van der Waals surface area contributed by atoms with Gasteiger partial charge in [0.2, 0.25) is 0 Å². The van der Waals surface area contributed by atoms with Crippen molar-refractivity contribution in [3.8, 4) is 22.6 Å². The Morgan fingerprint density at radius 2 is 1.93 bits per heavy atom. The molecule has 44 heavy (non-hydrogen) atoms. The Kier molecular flexibility index (Phi) is 7.11. The van der Waals surface area contributed by atoms with Gasteiger partial charge in [-0.15, -0.1) is 0 Å². The van der Waals surface area contributed by atoms with Gasteiger partial charge in [0, 0.05) is 72.2 Å². The summed E-state index contributed by atoms with van der Waals surface area (Å²) in [4.78, 5) is 17.1. The summed E-state index contributed by atoms with van der Waals surface area (Å²) in [5, 5.41) is 12.1. The van der Waals surface area contributed by atoms with Gasteiger partial charge in [-0.1, -0.05) is 12.1 Å². The number of hydrogen-bond acceptors (Lipinski definition) is 8. The monoisotopic (exact) mass is 590 g/mol. The van der Waals surface area contributed by atoms with Crippen LogP contribution in [0.15, 0.2) is 72.7 Å². The van der Waals surface area contributed by atoms with Gasteiger partial charge in [0.05, 0.1) is 29.3 Å². The van der Waals surface area contributed by atoms with Gasteiger partial charge in [-0.05, 0) is 67.7 Å². The van der Waals surface area contributed by atoms with Crippen LogP contribution in [0.4, 0.5) is 15.9 Å². The van der Waals surface area contributed by atoms with Gasteiger partial charge < -0.3 is 31.6 Å². The molecule has 0 unspecified atom stereocenters. The molecule has 4 heterocycles. The lowest BCUT2D eigenvalue weighted by Gasteiger charge is -2.37. The molecule has 3 aromatic heterocycles. The summed E-state index contributed by atoms with van der Waals surface area (Å²) in [5.74, 6) is 0.521. The highest BCUT2D eigenvalue weighted by Crippen LogP contribution is 2.37. The lowest BCUT2D eigenvalue weighted by atomic mass is 9.96. The van der Waals surface area contributed by atoms with E-state index in [9.17, 15) is 4.39 Å². The zero-order valence-electron chi connectivity index (χ0n) is 24.7. The molecule has 1 fully saturated rings. The highest BCUT2D eigenvalue weighted by molar-refractivity contribution is 5.96. The van der Waals surface area contributed by atoms with E-state index in [1.54, 1.807) is 18.5 Å². The summed E-state index contributed by atoms with van der Waals surface area (Å²) in [5.41, 5.74) is 21.6. The summed E-state index contributed by atoms with van der Waals surface area (Å²) in [6.45, 7) is 3.10. The van der Waals surface area contributed by atoms with Crippen molar-refractivity contribution in [2.75, 3.05) is 50.5 Å². The Hall–Kier alpha value is -5.00. The maximum atomic E-state index is 14.9. The van der Waals surface area contributed by atoms with Crippen molar-refractivity contribution in [2.24, 2.45) is 11.5 Å². The van der Waals surface area contributed by atoms with Crippen LogP contribution in [0.1, 0.15) is 16.8 Å². The number of aromatic amines is 2. The lowest BCUT2D eigenvalue weighted by Crippen LogP contribution is -2.56. The Bertz CT molecular complexity index is 1910. The van der Waals surface area contributed by atoms with Gasteiger partial charge in [-0.3, -0.25) is 10.1 Å². The average Bonchev–Trinajstić information content (AvgIpc) is 3.55. The van der Waals surface area contributed by atoms with Crippen molar-refractivity contribution in [1.82, 2.24) is 30.0 Å². The number of aromatic nitrogens is 5. The molecule has 5 aromatic rings. The molecule has 0 spiro atoms. The number of likely N-dealkylation sites (N-methyl/N-ethyl adjacent to an activating group) is 1. The molecule has 7 N–H and O–H groups in total. The molecule has 10 nitrogen and oxygen atoms in total. The van der Waals surface area contributed by atoms with Crippen molar-refractivity contribution in [1.29, 1.82) is 0 Å². The Morgan fingerprint density at radius 1 is 1.07 bits per heavy atom. The van der Waals surface area contributed by atoms with Crippen molar-refractivity contribution < 1.29 is 4.39 Å². The van der Waals surface area contributed by atoms with Crippen LogP contribution in [0.3, 0.4) is 0 Å². The fourth-order valence-corrected chi connectivity index (χ4v) is 5.80. The van der Waals surface area contributed by atoms with Crippen molar-refractivity contribution >= 4 is 28.0 Å². The Labute approximate surface area is 254 Å². The van der Waals surface area contributed by atoms with Gasteiger partial charge in [0.25, 0.3) is 0 Å². The summed E-state index contributed by atoms with van der Waals surface area (Å²) < 4.78 is 14.9. The molecule has 0 atom stereocenters. The second kappa shape index (κ2) is 11.3. The maximum absolute atomic E-state index is 14.9. The molecule has 0 bridgehead atoms. The Morgan fingerprint density at radius 3 is 2.75 bits per heavy atom. The molecular weight excluding hydrogens is 555 g/mol. The minimum atomic E-state index is -0.302. The number of nitrogens with zero attached hydrogens (tertiary/aromatic N) is 5. The molecule has 1 aliphatic heterocycles. The first-order valence-electron chi connectivity index (χ1n) is 14.7. The van der Waals surface area contributed by atoms with Crippen LogP contribution >= 0.6 is 0 Å². The van der Waals surface area contributed by atoms with Crippen LogP contribution in [0.2, 0.25) is 0 Å². The first kappa shape index (κ1) is 27.8. The van der Waals surface area contributed by atoms with E-state index in [4.69, 9.17) is 16.5 Å². The predicted octanol–water partition coefficient (Wildman–Crippen LogP) is 4.11. The zero-order chi connectivity index (χ0) is 30.4. The molecule has 0 saturated carbocycles. The number of H-pyrrole nitrogens is 2. The van der Waals surface area contributed by atoms with Crippen molar-refractivity contribution in [3.05, 3.63) is 95.3 Å². The van der Waals surface area contributed by atoms with Gasteiger partial charge in [0.1, 0.15) is 17.3 Å². The van der Waals surface area contributed by atoms with Crippen LogP contribution in [-0.2, 0) is 6.42 Å². The smallest absolute Gasteiger partial charge is 0.147 e. The number of halogens is 1. The molecule has 7 rings (SSSR count). The number of anilines is 2. The summed E-state index contributed by atoms with van der Waals surface area (Å²) in [6, 6.07) is 13.4. The van der Waals surface area contributed by atoms with Gasteiger partial charge in [-0.2, -0.15) is 5.10 Å². The first-order valence-corrected chi connectivity index (χ1v) is 14.7.